The molecule has 4 aliphatic carbocycles. The van der Waals surface area contributed by atoms with Crippen molar-refractivity contribution in [1.82, 2.24) is 0 Å². The molecule has 0 aromatic carbocycles. The smallest absolute Gasteiger partial charge is 0.169 e. The molecule has 6 aliphatic rings. The first kappa shape index (κ1) is 20.4. The molecule has 1 N–H and O–H groups in total. The second-order valence-corrected chi connectivity index (χ2v) is 12.0. The van der Waals surface area contributed by atoms with Crippen LogP contribution in [0.2, 0.25) is 0 Å². The SMILES string of the molecule is CC1([C@@H]2CC[C@@H]3[C@H]4CC[C@H]5CC6(CC[C@]5(C)[C@@H]4[C@@H](O)C[C@@]32C)OCCO6)OCCO1. The van der Waals surface area contributed by atoms with E-state index in [1.807, 2.05) is 0 Å². The minimum Gasteiger partial charge on any atom is -0.393 e. The second-order valence-electron chi connectivity index (χ2n) is 12.0. The van der Waals surface area contributed by atoms with Crippen molar-refractivity contribution in [2.45, 2.75) is 89.8 Å². The van der Waals surface area contributed by atoms with Gasteiger partial charge in [-0.15, -0.1) is 0 Å². The van der Waals surface area contributed by atoms with Gasteiger partial charge in [-0.25, -0.2) is 0 Å². The summed E-state index contributed by atoms with van der Waals surface area (Å²) in [6.45, 7) is 9.96. The van der Waals surface area contributed by atoms with Gasteiger partial charge in [0.15, 0.2) is 11.6 Å². The van der Waals surface area contributed by atoms with Crippen LogP contribution in [0.4, 0.5) is 0 Å². The van der Waals surface area contributed by atoms with Crippen molar-refractivity contribution in [3.05, 3.63) is 0 Å². The van der Waals surface area contributed by atoms with Crippen LogP contribution in [0.3, 0.4) is 0 Å². The molecule has 8 atom stereocenters. The van der Waals surface area contributed by atoms with Gasteiger partial charge in [0.1, 0.15) is 0 Å². The largest absolute Gasteiger partial charge is 0.393 e. The zero-order valence-corrected chi connectivity index (χ0v) is 19.0. The topological polar surface area (TPSA) is 57.2 Å². The van der Waals surface area contributed by atoms with Gasteiger partial charge in [-0.1, -0.05) is 13.8 Å². The number of aliphatic hydroxyl groups is 1. The second kappa shape index (κ2) is 6.66. The number of fused-ring (bicyclic) bond motifs is 5. The summed E-state index contributed by atoms with van der Waals surface area (Å²) in [6, 6.07) is 0. The molecule has 30 heavy (non-hydrogen) atoms. The molecule has 2 aliphatic heterocycles. The van der Waals surface area contributed by atoms with Crippen LogP contribution < -0.4 is 0 Å². The van der Waals surface area contributed by atoms with Crippen molar-refractivity contribution in [3.63, 3.8) is 0 Å². The van der Waals surface area contributed by atoms with E-state index in [9.17, 15) is 5.11 Å². The van der Waals surface area contributed by atoms with Crippen molar-refractivity contribution >= 4 is 0 Å². The Morgan fingerprint density at radius 1 is 0.733 bits per heavy atom. The Bertz CT molecular complexity index is 683. The van der Waals surface area contributed by atoms with Crippen molar-refractivity contribution in [2.24, 2.45) is 40.4 Å². The summed E-state index contributed by atoms with van der Waals surface area (Å²) in [4.78, 5) is 0. The lowest BCUT2D eigenvalue weighted by atomic mass is 9.43. The minimum absolute atomic E-state index is 0.108. The quantitative estimate of drug-likeness (QED) is 0.691. The van der Waals surface area contributed by atoms with Gasteiger partial charge in [0.05, 0.1) is 32.5 Å². The fourth-order valence-electron chi connectivity index (χ4n) is 9.67. The predicted octanol–water partition coefficient (Wildman–Crippen LogP) is 4.12. The maximum atomic E-state index is 11.7. The standard InChI is InChI=1S/C25H40O5/c1-22-8-9-25(29-12-13-30-25)14-16(22)4-5-17-18-6-7-20(24(3)27-10-11-28-24)23(18,2)15-19(26)21(17)22/h16-21,26H,4-15H2,1-3H3/t16-,17+,18+,19-,20+,21-,22-,23-/m0/s1. The number of rotatable bonds is 1. The molecule has 1 spiro atoms. The average Bonchev–Trinajstić information content (AvgIpc) is 3.41. The Morgan fingerprint density at radius 3 is 2.17 bits per heavy atom. The van der Waals surface area contributed by atoms with Gasteiger partial charge in [0.25, 0.3) is 0 Å². The van der Waals surface area contributed by atoms with E-state index < -0.39 is 5.79 Å². The number of hydrogen-bond donors (Lipinski definition) is 1. The third-order valence-electron chi connectivity index (χ3n) is 10.9. The first-order valence-corrected chi connectivity index (χ1v) is 12.5. The van der Waals surface area contributed by atoms with Gasteiger partial charge in [-0.3, -0.25) is 0 Å². The Balaban J connectivity index is 1.28. The first-order valence-electron chi connectivity index (χ1n) is 12.5. The van der Waals surface area contributed by atoms with Gasteiger partial charge in [-0.05, 0) is 80.0 Å². The van der Waals surface area contributed by atoms with Crippen molar-refractivity contribution in [3.8, 4) is 0 Å². The van der Waals surface area contributed by atoms with Crippen molar-refractivity contribution in [2.75, 3.05) is 26.4 Å². The molecule has 0 bridgehead atoms. The summed E-state index contributed by atoms with van der Waals surface area (Å²) in [7, 11) is 0. The molecule has 5 heteroatoms. The predicted molar refractivity (Wildman–Crippen MR) is 112 cm³/mol. The zero-order valence-electron chi connectivity index (χ0n) is 19.0. The molecule has 0 radical (unpaired) electrons. The molecule has 2 saturated heterocycles. The van der Waals surface area contributed by atoms with Crippen LogP contribution in [0.5, 0.6) is 0 Å². The van der Waals surface area contributed by atoms with Crippen LogP contribution >= 0.6 is 0 Å². The molecule has 0 amide bonds. The van der Waals surface area contributed by atoms with Crippen molar-refractivity contribution in [1.29, 1.82) is 0 Å². The molecular weight excluding hydrogens is 380 g/mol. The lowest BCUT2D eigenvalue weighted by Crippen LogP contribution is -2.61. The third kappa shape index (κ3) is 2.65. The van der Waals surface area contributed by atoms with Gasteiger partial charge >= 0.3 is 0 Å². The van der Waals surface area contributed by atoms with E-state index in [4.69, 9.17) is 18.9 Å². The summed E-state index contributed by atoms with van der Waals surface area (Å²) < 4.78 is 24.5. The van der Waals surface area contributed by atoms with Crippen LogP contribution in [0.25, 0.3) is 0 Å². The lowest BCUT2D eigenvalue weighted by molar-refractivity contribution is -0.254. The van der Waals surface area contributed by atoms with Crippen LogP contribution in [0.15, 0.2) is 0 Å². The van der Waals surface area contributed by atoms with Gasteiger partial charge in [0.2, 0.25) is 0 Å². The summed E-state index contributed by atoms with van der Waals surface area (Å²) in [6.07, 6.45) is 8.70. The highest BCUT2D eigenvalue weighted by atomic mass is 16.7. The number of ether oxygens (including phenoxy) is 4. The molecule has 0 aromatic rings. The van der Waals surface area contributed by atoms with E-state index in [1.54, 1.807) is 0 Å². The molecule has 4 saturated carbocycles. The summed E-state index contributed by atoms with van der Waals surface area (Å²) in [5, 5.41) is 11.7. The molecule has 6 rings (SSSR count). The Kier molecular flexibility index (Phi) is 4.53. The fraction of sp³-hybridized carbons (Fsp3) is 1.00. The Hall–Kier alpha value is -0.200. The summed E-state index contributed by atoms with van der Waals surface area (Å²) >= 11 is 0. The van der Waals surface area contributed by atoms with E-state index in [1.165, 1.54) is 25.7 Å². The molecule has 5 nitrogen and oxygen atoms in total. The number of aliphatic hydroxyl groups excluding tert-OH is 1. The van der Waals surface area contributed by atoms with Crippen LogP contribution in [0, 0.1) is 40.4 Å². The minimum atomic E-state index is -0.467. The van der Waals surface area contributed by atoms with E-state index in [0.29, 0.717) is 42.8 Å². The fourth-order valence-corrected chi connectivity index (χ4v) is 9.67. The third-order valence-corrected chi connectivity index (χ3v) is 10.9. The summed E-state index contributed by atoms with van der Waals surface area (Å²) in [5.41, 5.74) is 0.309. The van der Waals surface area contributed by atoms with E-state index >= 15 is 0 Å². The highest BCUT2D eigenvalue weighted by Crippen LogP contribution is 2.69. The Morgan fingerprint density at radius 2 is 1.43 bits per heavy atom. The van der Waals surface area contributed by atoms with Gasteiger partial charge < -0.3 is 24.1 Å². The van der Waals surface area contributed by atoms with Crippen LogP contribution in [-0.4, -0.2) is 49.2 Å². The molecule has 170 valence electrons. The van der Waals surface area contributed by atoms with E-state index in [2.05, 4.69) is 20.8 Å². The maximum Gasteiger partial charge on any atom is 0.169 e. The highest BCUT2D eigenvalue weighted by Gasteiger charge is 2.67. The van der Waals surface area contributed by atoms with Crippen LogP contribution in [0.1, 0.15) is 72.1 Å². The molecule has 2 heterocycles. The van der Waals surface area contributed by atoms with Crippen molar-refractivity contribution < 1.29 is 24.1 Å². The average molecular weight is 421 g/mol. The van der Waals surface area contributed by atoms with Gasteiger partial charge in [0, 0.05) is 18.8 Å². The molecule has 6 fully saturated rings. The first-order chi connectivity index (χ1) is 14.3. The molecular formula is C25H40O5. The van der Waals surface area contributed by atoms with E-state index in [-0.39, 0.29) is 22.7 Å². The Labute approximate surface area is 181 Å². The zero-order chi connectivity index (χ0) is 20.8. The van der Waals surface area contributed by atoms with Crippen LogP contribution in [-0.2, 0) is 18.9 Å². The lowest BCUT2D eigenvalue weighted by Gasteiger charge is -2.63. The number of hydrogen-bond acceptors (Lipinski definition) is 5. The molecule has 0 aromatic heterocycles. The monoisotopic (exact) mass is 420 g/mol. The normalized spacial score (nSPS) is 54.0. The molecule has 0 unspecified atom stereocenters. The highest BCUT2D eigenvalue weighted by molar-refractivity contribution is 5.14. The summed E-state index contributed by atoms with van der Waals surface area (Å²) in [5.74, 6) is 1.89. The maximum absolute atomic E-state index is 11.7. The van der Waals surface area contributed by atoms with Gasteiger partial charge in [-0.2, -0.15) is 0 Å². The van der Waals surface area contributed by atoms with E-state index in [0.717, 1.165) is 38.9 Å².